The summed E-state index contributed by atoms with van der Waals surface area (Å²) in [6, 6.07) is 2.63. The summed E-state index contributed by atoms with van der Waals surface area (Å²) in [7, 11) is 0. The highest BCUT2D eigenvalue weighted by Crippen LogP contribution is 2.26. The van der Waals surface area contributed by atoms with Crippen molar-refractivity contribution >= 4 is 11.3 Å². The van der Waals surface area contributed by atoms with Crippen molar-refractivity contribution in [3.05, 3.63) is 21.4 Å². The zero-order valence-corrected chi connectivity index (χ0v) is 12.4. The molecule has 0 aliphatic carbocycles. The van der Waals surface area contributed by atoms with Gasteiger partial charge in [-0.25, -0.2) is 0 Å². The summed E-state index contributed by atoms with van der Waals surface area (Å²) in [5.41, 5.74) is 1.39. The molecule has 1 heterocycles. The van der Waals surface area contributed by atoms with Crippen LogP contribution in [0.2, 0.25) is 0 Å². The first-order chi connectivity index (χ1) is 7.91. The number of aliphatic hydroxyl groups is 1. The molecule has 2 N–H and O–H groups in total. The quantitative estimate of drug-likeness (QED) is 0.816. The van der Waals surface area contributed by atoms with Crippen LogP contribution in [0.25, 0.3) is 0 Å². The number of hydrogen-bond donors (Lipinski definition) is 2. The van der Waals surface area contributed by atoms with E-state index in [4.69, 9.17) is 0 Å². The fourth-order valence-corrected chi connectivity index (χ4v) is 2.99. The van der Waals surface area contributed by atoms with E-state index in [1.807, 2.05) is 11.3 Å². The van der Waals surface area contributed by atoms with Crippen LogP contribution in [0.3, 0.4) is 0 Å². The van der Waals surface area contributed by atoms with E-state index in [-0.39, 0.29) is 6.10 Å². The second-order valence-corrected chi connectivity index (χ2v) is 6.60. The molecule has 0 bridgehead atoms. The van der Waals surface area contributed by atoms with Crippen molar-refractivity contribution in [2.75, 3.05) is 6.54 Å². The Labute approximate surface area is 109 Å². The van der Waals surface area contributed by atoms with Gasteiger partial charge in [0.1, 0.15) is 0 Å². The lowest BCUT2D eigenvalue weighted by atomic mass is 10.0. The summed E-state index contributed by atoms with van der Waals surface area (Å²) >= 11 is 1.85. The minimum Gasteiger partial charge on any atom is -0.393 e. The third kappa shape index (κ3) is 4.41. The van der Waals surface area contributed by atoms with Crippen molar-refractivity contribution in [3.8, 4) is 0 Å². The van der Waals surface area contributed by atoms with Crippen LogP contribution in [0.1, 0.15) is 48.6 Å². The zero-order valence-electron chi connectivity index (χ0n) is 11.6. The molecule has 1 rings (SSSR count). The van der Waals surface area contributed by atoms with E-state index >= 15 is 0 Å². The predicted octanol–water partition coefficient (Wildman–Crippen LogP) is 3.42. The van der Waals surface area contributed by atoms with E-state index in [1.54, 1.807) is 0 Å². The molecule has 2 unspecified atom stereocenters. The number of thiophene rings is 1. The molecule has 0 aromatic carbocycles. The molecule has 0 amide bonds. The molecule has 1 aromatic heterocycles. The molecule has 17 heavy (non-hydrogen) atoms. The highest BCUT2D eigenvalue weighted by molar-refractivity contribution is 7.12. The van der Waals surface area contributed by atoms with E-state index < -0.39 is 0 Å². The summed E-state index contributed by atoms with van der Waals surface area (Å²) in [5.74, 6) is 0.345. The van der Waals surface area contributed by atoms with Gasteiger partial charge < -0.3 is 10.4 Å². The fraction of sp³-hybridized carbons (Fsp3) is 0.714. The molecule has 0 fully saturated rings. The van der Waals surface area contributed by atoms with Crippen molar-refractivity contribution in [3.63, 3.8) is 0 Å². The fourth-order valence-electron chi connectivity index (χ4n) is 1.97. The molecule has 0 saturated heterocycles. The minimum atomic E-state index is -0.194. The lowest BCUT2D eigenvalue weighted by molar-refractivity contribution is 0.115. The van der Waals surface area contributed by atoms with Gasteiger partial charge in [0.15, 0.2) is 0 Å². The van der Waals surface area contributed by atoms with Gasteiger partial charge in [0.25, 0.3) is 0 Å². The van der Waals surface area contributed by atoms with Crippen molar-refractivity contribution in [2.24, 2.45) is 5.92 Å². The first kappa shape index (κ1) is 14.7. The minimum absolute atomic E-state index is 0.194. The molecule has 3 heteroatoms. The molecule has 2 atom stereocenters. The maximum Gasteiger partial charge on any atom is 0.0575 e. The van der Waals surface area contributed by atoms with E-state index in [1.165, 1.54) is 15.3 Å². The van der Waals surface area contributed by atoms with Crippen LogP contribution in [0.5, 0.6) is 0 Å². The average Bonchev–Trinajstić information content (AvgIpc) is 2.57. The second kappa shape index (κ2) is 6.53. The summed E-state index contributed by atoms with van der Waals surface area (Å²) in [4.78, 5) is 2.76. The first-order valence-corrected chi connectivity index (χ1v) is 7.21. The van der Waals surface area contributed by atoms with Gasteiger partial charge in [-0.05, 0) is 51.3 Å². The smallest absolute Gasteiger partial charge is 0.0575 e. The number of nitrogens with one attached hydrogen (secondary N) is 1. The summed E-state index contributed by atoms with van der Waals surface area (Å²) in [6.45, 7) is 11.5. The topological polar surface area (TPSA) is 32.3 Å². The lowest BCUT2D eigenvalue weighted by Crippen LogP contribution is -2.25. The highest BCUT2D eigenvalue weighted by Gasteiger charge is 2.12. The van der Waals surface area contributed by atoms with E-state index in [2.05, 4.69) is 46.0 Å². The molecule has 0 aliphatic heterocycles. The highest BCUT2D eigenvalue weighted by atomic mass is 32.1. The average molecular weight is 255 g/mol. The van der Waals surface area contributed by atoms with Crippen LogP contribution in [0.15, 0.2) is 6.07 Å². The van der Waals surface area contributed by atoms with Crippen molar-refractivity contribution < 1.29 is 5.11 Å². The number of aryl methyl sites for hydroxylation is 2. The number of aliphatic hydroxyl groups excluding tert-OH is 1. The van der Waals surface area contributed by atoms with Crippen LogP contribution in [0, 0.1) is 19.8 Å². The predicted molar refractivity (Wildman–Crippen MR) is 75.7 cm³/mol. The molecule has 2 nitrogen and oxygen atoms in total. The summed E-state index contributed by atoms with van der Waals surface area (Å²) < 4.78 is 0. The second-order valence-electron chi connectivity index (χ2n) is 5.14. The third-order valence-corrected chi connectivity index (χ3v) is 4.19. The van der Waals surface area contributed by atoms with E-state index in [9.17, 15) is 5.11 Å². The van der Waals surface area contributed by atoms with Crippen LogP contribution < -0.4 is 5.32 Å². The normalized spacial score (nSPS) is 15.2. The van der Waals surface area contributed by atoms with Crippen LogP contribution >= 0.6 is 11.3 Å². The van der Waals surface area contributed by atoms with Gasteiger partial charge in [-0.15, -0.1) is 11.3 Å². The van der Waals surface area contributed by atoms with Gasteiger partial charge in [0, 0.05) is 15.8 Å². The molecule has 0 saturated carbocycles. The molecule has 98 valence electrons. The molecule has 0 aliphatic rings. The Morgan fingerprint density at radius 1 is 1.29 bits per heavy atom. The Kier molecular flexibility index (Phi) is 5.63. The van der Waals surface area contributed by atoms with Gasteiger partial charge >= 0.3 is 0 Å². The van der Waals surface area contributed by atoms with Crippen LogP contribution in [-0.4, -0.2) is 17.8 Å². The summed E-state index contributed by atoms with van der Waals surface area (Å²) in [6.07, 6.45) is 0.629. The molecule has 1 aromatic rings. The molecular weight excluding hydrogens is 230 g/mol. The first-order valence-electron chi connectivity index (χ1n) is 6.40. The van der Waals surface area contributed by atoms with Gasteiger partial charge in [0.05, 0.1) is 6.10 Å². The number of rotatable bonds is 6. The number of hydrogen-bond acceptors (Lipinski definition) is 3. The Morgan fingerprint density at radius 2 is 1.94 bits per heavy atom. The monoisotopic (exact) mass is 255 g/mol. The van der Waals surface area contributed by atoms with Gasteiger partial charge in [0.2, 0.25) is 0 Å². The van der Waals surface area contributed by atoms with E-state index in [0.717, 1.165) is 13.0 Å². The van der Waals surface area contributed by atoms with Gasteiger partial charge in [-0.1, -0.05) is 13.8 Å². The van der Waals surface area contributed by atoms with Crippen LogP contribution in [0.4, 0.5) is 0 Å². The molecular formula is C14H25NOS. The Balaban J connectivity index is 2.40. The lowest BCUT2D eigenvalue weighted by Gasteiger charge is -2.18. The Morgan fingerprint density at radius 3 is 2.41 bits per heavy atom. The molecule has 0 radical (unpaired) electrons. The Hall–Kier alpha value is -0.380. The van der Waals surface area contributed by atoms with Gasteiger partial charge in [-0.3, -0.25) is 0 Å². The van der Waals surface area contributed by atoms with E-state index in [0.29, 0.717) is 12.0 Å². The maximum atomic E-state index is 9.73. The third-order valence-electron chi connectivity index (χ3n) is 3.21. The molecule has 0 spiro atoms. The van der Waals surface area contributed by atoms with Crippen LogP contribution in [-0.2, 0) is 0 Å². The maximum absolute atomic E-state index is 9.73. The summed E-state index contributed by atoms with van der Waals surface area (Å²) in [5, 5.41) is 13.2. The SMILES string of the molecule is Cc1cc(C(C)NCCC(O)C(C)C)c(C)s1. The van der Waals surface area contributed by atoms with Gasteiger partial charge in [-0.2, -0.15) is 0 Å². The Bertz CT molecular complexity index is 346. The van der Waals surface area contributed by atoms with Crippen molar-refractivity contribution in [1.82, 2.24) is 5.32 Å². The van der Waals surface area contributed by atoms with Crippen molar-refractivity contribution in [2.45, 2.75) is 53.2 Å². The van der Waals surface area contributed by atoms with Crippen molar-refractivity contribution in [1.29, 1.82) is 0 Å². The standard InChI is InChI=1S/C14H25NOS/c1-9(2)14(16)6-7-15-11(4)13-8-10(3)17-12(13)5/h8-9,11,14-16H,6-7H2,1-5H3. The largest absolute Gasteiger partial charge is 0.393 e. The zero-order chi connectivity index (χ0) is 13.0.